The summed E-state index contributed by atoms with van der Waals surface area (Å²) in [4.78, 5) is 31.5. The first-order valence-electron chi connectivity index (χ1n) is 12.0. The molecule has 2 heterocycles. The molecule has 0 atom stereocenters. The van der Waals surface area contributed by atoms with Crippen LogP contribution >= 0.6 is 0 Å². The van der Waals surface area contributed by atoms with Crippen LogP contribution in [0.4, 0.5) is 5.82 Å². The van der Waals surface area contributed by atoms with E-state index < -0.39 is 15.9 Å². The topological polar surface area (TPSA) is 120 Å². The number of piperidine rings is 1. The lowest BCUT2D eigenvalue weighted by molar-refractivity contribution is -0.123. The molecule has 33 heavy (non-hydrogen) atoms. The Hall–Kier alpha value is -2.47. The molecule has 0 spiro atoms. The molecule has 0 unspecified atom stereocenters. The zero-order valence-corrected chi connectivity index (χ0v) is 20.4. The molecular formula is C24H34N4O4S. The van der Waals surface area contributed by atoms with Crippen LogP contribution in [0, 0.1) is 30.1 Å². The highest BCUT2D eigenvalue weighted by molar-refractivity contribution is 7.90. The van der Waals surface area contributed by atoms with Crippen molar-refractivity contribution in [2.24, 2.45) is 11.8 Å². The standard InChI is InChI=1S/C24H34N4O4S/c1-3-7-22(29)21-14-20(15-25)23(26-17(21)2)28-12-10-19(11-13-28)24(30)27-33(31,32)16-18-8-5-4-6-9-18/h14,18-19H,3-13,16H2,1-2H3,(H,27,30). The van der Waals surface area contributed by atoms with Crippen LogP contribution in [-0.4, -0.2) is 43.9 Å². The summed E-state index contributed by atoms with van der Waals surface area (Å²) in [5.74, 6) is -0.163. The van der Waals surface area contributed by atoms with Gasteiger partial charge in [-0.25, -0.2) is 13.4 Å². The molecule has 3 rings (SSSR count). The number of sulfonamides is 1. The number of aromatic nitrogens is 1. The second-order valence-electron chi connectivity index (χ2n) is 9.29. The summed E-state index contributed by atoms with van der Waals surface area (Å²) in [7, 11) is -3.63. The number of Topliss-reactive ketones (excluding diaryl/α,β-unsaturated/α-hetero) is 1. The van der Waals surface area contributed by atoms with Crippen LogP contribution in [0.5, 0.6) is 0 Å². The van der Waals surface area contributed by atoms with Gasteiger partial charge >= 0.3 is 0 Å². The zero-order chi connectivity index (χ0) is 24.0. The highest BCUT2D eigenvalue weighted by Crippen LogP contribution is 2.28. The Morgan fingerprint density at radius 1 is 1.18 bits per heavy atom. The number of ketones is 1. The number of anilines is 1. The summed E-state index contributed by atoms with van der Waals surface area (Å²) in [5, 5.41) is 9.62. The van der Waals surface area contributed by atoms with E-state index in [-0.39, 0.29) is 23.4 Å². The highest BCUT2D eigenvalue weighted by atomic mass is 32.2. The van der Waals surface area contributed by atoms with Crippen molar-refractivity contribution in [1.82, 2.24) is 9.71 Å². The summed E-state index contributed by atoms with van der Waals surface area (Å²) in [6.45, 7) is 4.68. The number of carbonyl (C=O) groups excluding carboxylic acids is 2. The molecule has 0 radical (unpaired) electrons. The number of aryl methyl sites for hydroxylation is 1. The van der Waals surface area contributed by atoms with Crippen LogP contribution in [-0.2, 0) is 14.8 Å². The third-order valence-electron chi connectivity index (χ3n) is 6.69. The van der Waals surface area contributed by atoms with E-state index in [0.717, 1.165) is 38.5 Å². The molecule has 1 aliphatic heterocycles. The maximum absolute atomic E-state index is 12.6. The average Bonchev–Trinajstić information content (AvgIpc) is 2.79. The first-order chi connectivity index (χ1) is 15.7. The minimum Gasteiger partial charge on any atom is -0.355 e. The van der Waals surface area contributed by atoms with Crippen LogP contribution in [0.25, 0.3) is 0 Å². The van der Waals surface area contributed by atoms with Gasteiger partial charge in [0.05, 0.1) is 17.0 Å². The second-order valence-corrected chi connectivity index (χ2v) is 11.1. The average molecular weight is 475 g/mol. The normalized spacial score (nSPS) is 18.0. The number of carbonyl (C=O) groups is 2. The molecule has 1 aromatic heterocycles. The first kappa shape index (κ1) is 25.2. The van der Waals surface area contributed by atoms with Gasteiger partial charge in [0, 0.05) is 31.0 Å². The van der Waals surface area contributed by atoms with E-state index in [0.29, 0.717) is 55.0 Å². The van der Waals surface area contributed by atoms with Crippen molar-refractivity contribution >= 4 is 27.5 Å². The molecule has 1 amide bonds. The maximum Gasteiger partial charge on any atom is 0.236 e. The summed E-state index contributed by atoms with van der Waals surface area (Å²) >= 11 is 0. The van der Waals surface area contributed by atoms with Crippen LogP contribution in [0.3, 0.4) is 0 Å². The van der Waals surface area contributed by atoms with E-state index >= 15 is 0 Å². The number of hydrogen-bond acceptors (Lipinski definition) is 7. The maximum atomic E-state index is 12.6. The van der Waals surface area contributed by atoms with E-state index in [9.17, 15) is 23.3 Å². The van der Waals surface area contributed by atoms with Gasteiger partial charge in [-0.05, 0) is 51.0 Å². The molecule has 1 saturated heterocycles. The molecule has 1 saturated carbocycles. The van der Waals surface area contributed by atoms with E-state index in [2.05, 4.69) is 15.8 Å². The SMILES string of the molecule is CCCC(=O)c1cc(C#N)c(N2CCC(C(=O)NS(=O)(=O)CC3CCCCC3)CC2)nc1C. The molecule has 1 N–H and O–H groups in total. The molecule has 1 aromatic rings. The first-order valence-corrected chi connectivity index (χ1v) is 13.6. The Kier molecular flexibility index (Phi) is 8.46. The van der Waals surface area contributed by atoms with Gasteiger partial charge in [-0.1, -0.05) is 26.2 Å². The molecule has 2 fully saturated rings. The largest absolute Gasteiger partial charge is 0.355 e. The van der Waals surface area contributed by atoms with E-state index in [1.54, 1.807) is 13.0 Å². The predicted molar refractivity (Wildman–Crippen MR) is 126 cm³/mol. The number of amides is 1. The Bertz CT molecular complexity index is 1020. The van der Waals surface area contributed by atoms with Crippen molar-refractivity contribution in [3.05, 3.63) is 22.9 Å². The molecular weight excluding hydrogens is 440 g/mol. The molecule has 9 heteroatoms. The number of pyridine rings is 1. The fourth-order valence-corrected chi connectivity index (χ4v) is 6.37. The van der Waals surface area contributed by atoms with Crippen molar-refractivity contribution in [2.45, 2.75) is 71.6 Å². The van der Waals surface area contributed by atoms with Gasteiger partial charge in [0.2, 0.25) is 15.9 Å². The smallest absolute Gasteiger partial charge is 0.236 e. The Labute approximate surface area is 196 Å². The summed E-state index contributed by atoms with van der Waals surface area (Å²) in [5.41, 5.74) is 1.42. The Morgan fingerprint density at radius 3 is 2.45 bits per heavy atom. The molecule has 2 aliphatic rings. The van der Waals surface area contributed by atoms with E-state index in [1.807, 2.05) is 11.8 Å². The summed E-state index contributed by atoms with van der Waals surface area (Å²) in [6, 6.07) is 3.76. The van der Waals surface area contributed by atoms with Crippen molar-refractivity contribution in [3.63, 3.8) is 0 Å². The van der Waals surface area contributed by atoms with Gasteiger partial charge in [-0.15, -0.1) is 0 Å². The van der Waals surface area contributed by atoms with Gasteiger partial charge in [0.15, 0.2) is 5.78 Å². The van der Waals surface area contributed by atoms with E-state index in [1.165, 1.54) is 0 Å². The third-order valence-corrected chi connectivity index (χ3v) is 8.11. The van der Waals surface area contributed by atoms with Crippen molar-refractivity contribution in [3.8, 4) is 6.07 Å². The zero-order valence-electron chi connectivity index (χ0n) is 19.6. The fraction of sp³-hybridized carbons (Fsp3) is 0.667. The number of hydrogen-bond donors (Lipinski definition) is 1. The van der Waals surface area contributed by atoms with Gasteiger partial charge in [-0.2, -0.15) is 5.26 Å². The summed E-state index contributed by atoms with van der Waals surface area (Å²) < 4.78 is 27.3. The fourth-order valence-electron chi connectivity index (χ4n) is 4.86. The van der Waals surface area contributed by atoms with Crippen molar-refractivity contribution in [1.29, 1.82) is 5.26 Å². The van der Waals surface area contributed by atoms with E-state index in [4.69, 9.17) is 0 Å². The lowest BCUT2D eigenvalue weighted by atomic mass is 9.91. The van der Waals surface area contributed by atoms with Gasteiger partial charge in [0.1, 0.15) is 11.9 Å². The van der Waals surface area contributed by atoms with Gasteiger partial charge < -0.3 is 4.90 Å². The van der Waals surface area contributed by atoms with Gasteiger partial charge in [-0.3, -0.25) is 14.3 Å². The minimum absolute atomic E-state index is 0.0182. The molecule has 0 aromatic carbocycles. The monoisotopic (exact) mass is 474 g/mol. The molecule has 1 aliphatic carbocycles. The third kappa shape index (κ3) is 6.53. The number of nitriles is 1. The second kappa shape index (κ2) is 11.1. The Balaban J connectivity index is 1.61. The molecule has 180 valence electrons. The highest BCUT2D eigenvalue weighted by Gasteiger charge is 2.31. The lowest BCUT2D eigenvalue weighted by Gasteiger charge is -2.33. The Morgan fingerprint density at radius 2 is 1.85 bits per heavy atom. The summed E-state index contributed by atoms with van der Waals surface area (Å²) in [6.07, 6.45) is 7.18. The van der Waals surface area contributed by atoms with Crippen molar-refractivity contribution < 1.29 is 18.0 Å². The lowest BCUT2D eigenvalue weighted by Crippen LogP contribution is -2.44. The molecule has 8 nitrogen and oxygen atoms in total. The molecule has 0 bridgehead atoms. The predicted octanol–water partition coefficient (Wildman–Crippen LogP) is 3.49. The van der Waals surface area contributed by atoms with Gasteiger partial charge in [0.25, 0.3) is 0 Å². The number of nitrogens with one attached hydrogen (secondary N) is 1. The van der Waals surface area contributed by atoms with Crippen LogP contribution in [0.2, 0.25) is 0 Å². The number of rotatable bonds is 8. The quantitative estimate of drug-likeness (QED) is 0.573. The van der Waals surface area contributed by atoms with Crippen molar-refractivity contribution in [2.75, 3.05) is 23.7 Å². The van der Waals surface area contributed by atoms with Crippen LogP contribution in [0.1, 0.15) is 86.3 Å². The van der Waals surface area contributed by atoms with Crippen LogP contribution in [0.15, 0.2) is 6.07 Å². The number of nitrogens with zero attached hydrogens (tertiary/aromatic N) is 3. The minimum atomic E-state index is -3.63. The van der Waals surface area contributed by atoms with Crippen LogP contribution < -0.4 is 9.62 Å².